The number of nitrogens with zero attached hydrogens (tertiary/aromatic N) is 1. The first-order valence-electron chi connectivity index (χ1n) is 5.85. The van der Waals surface area contributed by atoms with Crippen molar-refractivity contribution < 1.29 is 13.5 Å². The molecule has 21 heavy (non-hydrogen) atoms. The molecule has 2 rings (SSSR count). The van der Waals surface area contributed by atoms with Crippen molar-refractivity contribution in [1.29, 1.82) is 0 Å². The standard InChI is InChI=1S/C14H11ClN2O3S/c15-12-5-8-14(16-10-12)17-21(19,20)13-6-3-11(4-7-13)2-1-9-18/h3-8,10,18H,9H2,(H,16,17). The Labute approximate surface area is 127 Å². The van der Waals surface area contributed by atoms with Crippen LogP contribution in [0, 0.1) is 11.8 Å². The summed E-state index contributed by atoms with van der Waals surface area (Å²) in [7, 11) is -3.72. The van der Waals surface area contributed by atoms with Gasteiger partial charge in [-0.1, -0.05) is 23.4 Å². The molecule has 0 fully saturated rings. The van der Waals surface area contributed by atoms with Crippen LogP contribution in [-0.4, -0.2) is 25.1 Å². The van der Waals surface area contributed by atoms with E-state index in [2.05, 4.69) is 21.5 Å². The number of hydrogen-bond donors (Lipinski definition) is 2. The quantitative estimate of drug-likeness (QED) is 0.846. The average molecular weight is 323 g/mol. The zero-order valence-electron chi connectivity index (χ0n) is 10.7. The Kier molecular flexibility index (Phi) is 4.81. The molecule has 0 aliphatic carbocycles. The molecule has 7 heteroatoms. The predicted octanol–water partition coefficient (Wildman–Crippen LogP) is 1.88. The number of sulfonamides is 1. The molecule has 2 N–H and O–H groups in total. The van der Waals surface area contributed by atoms with Crippen molar-refractivity contribution >= 4 is 27.4 Å². The summed E-state index contributed by atoms with van der Waals surface area (Å²) in [5.41, 5.74) is 0.618. The van der Waals surface area contributed by atoms with Crippen molar-refractivity contribution in [1.82, 2.24) is 4.98 Å². The highest BCUT2D eigenvalue weighted by molar-refractivity contribution is 7.92. The van der Waals surface area contributed by atoms with Gasteiger partial charge in [-0.2, -0.15) is 0 Å². The minimum Gasteiger partial charge on any atom is -0.384 e. The summed E-state index contributed by atoms with van der Waals surface area (Å²) in [5.74, 6) is 5.36. The van der Waals surface area contributed by atoms with E-state index in [0.29, 0.717) is 10.6 Å². The maximum Gasteiger partial charge on any atom is 0.263 e. The van der Waals surface area contributed by atoms with Gasteiger partial charge in [-0.3, -0.25) is 4.72 Å². The SMILES string of the molecule is O=S(=O)(Nc1ccc(Cl)cn1)c1ccc(C#CCO)cc1. The lowest BCUT2D eigenvalue weighted by Gasteiger charge is -2.07. The largest absolute Gasteiger partial charge is 0.384 e. The second-order valence-electron chi connectivity index (χ2n) is 3.95. The molecule has 0 aliphatic rings. The van der Waals surface area contributed by atoms with Gasteiger partial charge in [0.25, 0.3) is 10.0 Å². The third kappa shape index (κ3) is 4.20. The van der Waals surface area contributed by atoms with Crippen molar-refractivity contribution in [3.8, 4) is 11.8 Å². The Morgan fingerprint density at radius 3 is 2.48 bits per heavy atom. The monoisotopic (exact) mass is 322 g/mol. The van der Waals surface area contributed by atoms with Gasteiger partial charge in [0.2, 0.25) is 0 Å². The lowest BCUT2D eigenvalue weighted by atomic mass is 10.2. The van der Waals surface area contributed by atoms with Gasteiger partial charge in [0.15, 0.2) is 0 Å². The topological polar surface area (TPSA) is 79.3 Å². The van der Waals surface area contributed by atoms with Crippen LogP contribution in [0.4, 0.5) is 5.82 Å². The maximum absolute atomic E-state index is 12.2. The molecule has 0 amide bonds. The van der Waals surface area contributed by atoms with Gasteiger partial charge in [0.05, 0.1) is 9.92 Å². The first kappa shape index (κ1) is 15.3. The molecule has 0 saturated carbocycles. The van der Waals surface area contributed by atoms with Crippen LogP contribution < -0.4 is 4.72 Å². The zero-order valence-corrected chi connectivity index (χ0v) is 12.3. The van der Waals surface area contributed by atoms with Crippen LogP contribution in [0.15, 0.2) is 47.5 Å². The summed E-state index contributed by atoms with van der Waals surface area (Å²) >= 11 is 5.69. The number of halogens is 1. The summed E-state index contributed by atoms with van der Waals surface area (Å²) in [6.07, 6.45) is 1.35. The first-order valence-corrected chi connectivity index (χ1v) is 7.71. The van der Waals surface area contributed by atoms with E-state index in [1.165, 1.54) is 24.4 Å². The molecule has 0 radical (unpaired) electrons. The van der Waals surface area contributed by atoms with Gasteiger partial charge < -0.3 is 5.11 Å². The van der Waals surface area contributed by atoms with E-state index < -0.39 is 10.0 Å². The normalized spacial score (nSPS) is 10.6. The van der Waals surface area contributed by atoms with Gasteiger partial charge in [-0.15, -0.1) is 0 Å². The Morgan fingerprint density at radius 1 is 1.19 bits per heavy atom. The molecule has 1 heterocycles. The number of anilines is 1. The highest BCUT2D eigenvalue weighted by atomic mass is 35.5. The molecule has 2 aromatic rings. The second kappa shape index (κ2) is 6.59. The molecule has 0 unspecified atom stereocenters. The number of benzene rings is 1. The van der Waals surface area contributed by atoms with Crippen molar-refractivity contribution in [3.05, 3.63) is 53.2 Å². The fraction of sp³-hybridized carbons (Fsp3) is 0.0714. The number of rotatable bonds is 3. The summed E-state index contributed by atoms with van der Waals surface area (Å²) in [6, 6.07) is 9.00. The smallest absolute Gasteiger partial charge is 0.263 e. The lowest BCUT2D eigenvalue weighted by Crippen LogP contribution is -2.13. The fourth-order valence-electron chi connectivity index (χ4n) is 1.49. The average Bonchev–Trinajstić information content (AvgIpc) is 2.48. The van der Waals surface area contributed by atoms with E-state index in [4.69, 9.17) is 16.7 Å². The van der Waals surface area contributed by atoms with Crippen molar-refractivity contribution in [2.75, 3.05) is 11.3 Å². The third-order valence-electron chi connectivity index (χ3n) is 2.44. The van der Waals surface area contributed by atoms with E-state index in [9.17, 15) is 8.42 Å². The van der Waals surface area contributed by atoms with Crippen LogP contribution in [0.1, 0.15) is 5.56 Å². The molecule has 108 valence electrons. The molecular formula is C14H11ClN2O3S. The summed E-state index contributed by atoms with van der Waals surface area (Å²) in [6.45, 7) is -0.246. The second-order valence-corrected chi connectivity index (χ2v) is 6.07. The van der Waals surface area contributed by atoms with Crippen molar-refractivity contribution in [2.24, 2.45) is 0 Å². The van der Waals surface area contributed by atoms with Crippen LogP contribution in [0.25, 0.3) is 0 Å². The van der Waals surface area contributed by atoms with Gasteiger partial charge >= 0.3 is 0 Å². The Balaban J connectivity index is 2.21. The van der Waals surface area contributed by atoms with Crippen LogP contribution in [0.3, 0.4) is 0 Å². The number of hydrogen-bond acceptors (Lipinski definition) is 4. The molecule has 0 spiro atoms. The highest BCUT2D eigenvalue weighted by Gasteiger charge is 2.14. The molecule has 5 nitrogen and oxygen atoms in total. The van der Waals surface area contributed by atoms with Gasteiger partial charge in [0.1, 0.15) is 12.4 Å². The zero-order chi connectivity index (χ0) is 15.3. The number of nitrogens with one attached hydrogen (secondary N) is 1. The third-order valence-corrected chi connectivity index (χ3v) is 4.04. The summed E-state index contributed by atoms with van der Waals surface area (Å²) < 4.78 is 26.7. The van der Waals surface area contributed by atoms with Crippen LogP contribution in [0.5, 0.6) is 0 Å². The predicted molar refractivity (Wildman–Crippen MR) is 80.5 cm³/mol. The summed E-state index contributed by atoms with van der Waals surface area (Å²) in [5, 5.41) is 9.02. The van der Waals surface area contributed by atoms with Gasteiger partial charge in [-0.05, 0) is 36.4 Å². The van der Waals surface area contributed by atoms with Crippen LogP contribution >= 0.6 is 11.6 Å². The lowest BCUT2D eigenvalue weighted by molar-refractivity contribution is 0.350. The van der Waals surface area contributed by atoms with Crippen LogP contribution in [-0.2, 0) is 10.0 Å². The molecule has 0 atom stereocenters. The summed E-state index contributed by atoms with van der Waals surface area (Å²) in [4.78, 5) is 3.97. The number of aromatic nitrogens is 1. The van der Waals surface area contributed by atoms with E-state index >= 15 is 0 Å². The van der Waals surface area contributed by atoms with E-state index in [-0.39, 0.29) is 17.3 Å². The number of aliphatic hydroxyl groups excluding tert-OH is 1. The van der Waals surface area contributed by atoms with Crippen LogP contribution in [0.2, 0.25) is 5.02 Å². The molecule has 0 saturated heterocycles. The molecule has 1 aromatic carbocycles. The van der Waals surface area contributed by atoms with Gasteiger partial charge in [0, 0.05) is 11.8 Å². The highest BCUT2D eigenvalue weighted by Crippen LogP contribution is 2.16. The van der Waals surface area contributed by atoms with E-state index in [1.807, 2.05) is 0 Å². The Hall–Kier alpha value is -2.07. The number of aliphatic hydroxyl groups is 1. The van der Waals surface area contributed by atoms with Crippen molar-refractivity contribution in [2.45, 2.75) is 4.90 Å². The minimum atomic E-state index is -3.72. The maximum atomic E-state index is 12.2. The minimum absolute atomic E-state index is 0.0915. The van der Waals surface area contributed by atoms with E-state index in [1.54, 1.807) is 18.2 Å². The number of pyridine rings is 1. The first-order chi connectivity index (χ1) is 10.0. The van der Waals surface area contributed by atoms with Crippen molar-refractivity contribution in [3.63, 3.8) is 0 Å². The van der Waals surface area contributed by atoms with Gasteiger partial charge in [-0.25, -0.2) is 13.4 Å². The molecule has 1 aromatic heterocycles. The molecular weight excluding hydrogens is 312 g/mol. The Morgan fingerprint density at radius 2 is 1.90 bits per heavy atom. The molecule has 0 aliphatic heterocycles. The Bertz CT molecular complexity index is 776. The fourth-order valence-corrected chi connectivity index (χ4v) is 2.61. The molecule has 0 bridgehead atoms. The van der Waals surface area contributed by atoms with E-state index in [0.717, 1.165) is 0 Å².